The molecule has 3 fully saturated rings. The van der Waals surface area contributed by atoms with E-state index < -0.39 is 47.7 Å². The minimum atomic E-state index is -1.27. The summed E-state index contributed by atoms with van der Waals surface area (Å²) in [7, 11) is 0. The first kappa shape index (κ1) is 33.4. The summed E-state index contributed by atoms with van der Waals surface area (Å²) in [6.45, 7) is 15.4. The third-order valence-corrected chi connectivity index (χ3v) is 10.1. The molecule has 2 aromatic rings. The molecule has 3 aliphatic rings. The van der Waals surface area contributed by atoms with Gasteiger partial charge in [0.25, 0.3) is 5.91 Å². The highest BCUT2D eigenvalue weighted by atomic mass is 16.6. The van der Waals surface area contributed by atoms with Crippen LogP contribution in [0.25, 0.3) is 0 Å². The lowest BCUT2D eigenvalue weighted by Gasteiger charge is -2.39. The van der Waals surface area contributed by atoms with Crippen molar-refractivity contribution in [2.75, 3.05) is 42.6 Å². The van der Waals surface area contributed by atoms with Gasteiger partial charge in [0.15, 0.2) is 0 Å². The Bertz CT molecular complexity index is 1430. The van der Waals surface area contributed by atoms with E-state index in [9.17, 15) is 14.7 Å². The molecule has 0 radical (unpaired) electrons. The number of ether oxygens (including phenoxy) is 2. The van der Waals surface area contributed by atoms with Crippen molar-refractivity contribution in [1.82, 2.24) is 4.90 Å². The summed E-state index contributed by atoms with van der Waals surface area (Å²) < 4.78 is 12.5. The van der Waals surface area contributed by atoms with E-state index in [1.54, 1.807) is 17.1 Å². The zero-order valence-corrected chi connectivity index (χ0v) is 27.3. The van der Waals surface area contributed by atoms with Crippen LogP contribution in [0.3, 0.4) is 0 Å². The van der Waals surface area contributed by atoms with E-state index in [0.717, 1.165) is 18.8 Å². The normalized spacial score (nSPS) is 26.8. The summed E-state index contributed by atoms with van der Waals surface area (Å²) in [4.78, 5) is 48.8. The number of esters is 1. The Hall–Kier alpha value is -3.95. The molecule has 3 heterocycles. The van der Waals surface area contributed by atoms with Gasteiger partial charge in [0.2, 0.25) is 5.91 Å². The van der Waals surface area contributed by atoms with E-state index in [4.69, 9.17) is 9.47 Å². The van der Waals surface area contributed by atoms with Crippen molar-refractivity contribution < 1.29 is 29.0 Å². The Morgan fingerprint density at radius 2 is 1.74 bits per heavy atom. The van der Waals surface area contributed by atoms with Crippen molar-refractivity contribution in [2.24, 2.45) is 11.8 Å². The number of likely N-dealkylation sites (tertiary alicyclic amines) is 1. The molecular formula is C37H47N3O6. The van der Waals surface area contributed by atoms with Crippen molar-refractivity contribution in [3.8, 4) is 0 Å². The molecule has 2 bridgehead atoms. The number of hydrogen-bond acceptors (Lipinski definition) is 7. The van der Waals surface area contributed by atoms with Crippen LogP contribution in [0.1, 0.15) is 58.1 Å². The van der Waals surface area contributed by atoms with Gasteiger partial charge in [0.05, 0.1) is 30.8 Å². The van der Waals surface area contributed by atoms with Crippen LogP contribution >= 0.6 is 0 Å². The topological polar surface area (TPSA) is 99.6 Å². The summed E-state index contributed by atoms with van der Waals surface area (Å²) in [6.07, 6.45) is 5.67. The van der Waals surface area contributed by atoms with E-state index in [0.29, 0.717) is 36.9 Å². The highest BCUT2D eigenvalue weighted by Gasteiger charge is 2.79. The Morgan fingerprint density at radius 1 is 1.07 bits per heavy atom. The highest BCUT2D eigenvalue weighted by molar-refractivity contribution is 6.05. The van der Waals surface area contributed by atoms with Gasteiger partial charge in [0, 0.05) is 31.0 Å². The fraction of sp³-hybridized carbons (Fsp3) is 0.486. The lowest BCUT2D eigenvalue weighted by Crippen LogP contribution is -2.57. The highest BCUT2D eigenvalue weighted by Crippen LogP contribution is 2.64. The van der Waals surface area contributed by atoms with Gasteiger partial charge in [-0.05, 0) is 76.3 Å². The van der Waals surface area contributed by atoms with E-state index in [1.165, 1.54) is 4.90 Å². The molecule has 1 N–H and O–H groups in total. The fourth-order valence-corrected chi connectivity index (χ4v) is 7.89. The third-order valence-electron chi connectivity index (χ3n) is 10.1. The van der Waals surface area contributed by atoms with E-state index in [-0.39, 0.29) is 25.0 Å². The van der Waals surface area contributed by atoms with Crippen molar-refractivity contribution in [1.29, 1.82) is 0 Å². The second-order valence-electron chi connectivity index (χ2n) is 12.6. The molecule has 0 aromatic heterocycles. The van der Waals surface area contributed by atoms with Crippen LogP contribution in [0.4, 0.5) is 11.4 Å². The monoisotopic (exact) mass is 629 g/mol. The zero-order chi connectivity index (χ0) is 33.1. The predicted octanol–water partition coefficient (Wildman–Crippen LogP) is 5.06. The molecule has 2 unspecified atom stereocenters. The van der Waals surface area contributed by atoms with Crippen LogP contribution < -0.4 is 9.80 Å². The first-order chi connectivity index (χ1) is 22.2. The van der Waals surface area contributed by atoms with Gasteiger partial charge in [-0.1, -0.05) is 42.5 Å². The molecule has 5 rings (SSSR count). The van der Waals surface area contributed by atoms with Gasteiger partial charge >= 0.3 is 5.97 Å². The molecule has 2 amide bonds. The standard InChI is InChI=1S/C37H47N3O6/c1-6-10-14-24-45-35(44)31-30-33(42)40(29(25-41)26-15-12-11-13-16-26)32(37(30)22-21-36(31,5)46-37)34(43)39(23-7-2)28-19-17-27(18-20-28)38(8-3)9-4/h6-7,11-13,15-20,29-32,41H,1-2,8-10,14,21-25H2,3-5H3/t29-,30+,31-,32?,36+,37?/m1/s1. The van der Waals surface area contributed by atoms with Crippen molar-refractivity contribution in [3.05, 3.63) is 85.5 Å². The first-order valence-corrected chi connectivity index (χ1v) is 16.4. The average molecular weight is 630 g/mol. The van der Waals surface area contributed by atoms with Gasteiger partial charge < -0.3 is 29.3 Å². The van der Waals surface area contributed by atoms with Crippen LogP contribution in [0.2, 0.25) is 0 Å². The fourth-order valence-electron chi connectivity index (χ4n) is 7.89. The number of carbonyl (C=O) groups excluding carboxylic acids is 3. The molecule has 246 valence electrons. The number of allylic oxidation sites excluding steroid dienone is 1. The van der Waals surface area contributed by atoms with Crippen LogP contribution in [0, 0.1) is 11.8 Å². The van der Waals surface area contributed by atoms with Gasteiger partial charge in [-0.25, -0.2) is 0 Å². The number of aliphatic hydroxyl groups is 1. The smallest absolute Gasteiger partial charge is 0.312 e. The van der Waals surface area contributed by atoms with E-state index >= 15 is 4.79 Å². The number of aliphatic hydroxyl groups excluding tert-OH is 1. The minimum absolute atomic E-state index is 0.198. The number of carbonyl (C=O) groups is 3. The molecule has 0 saturated carbocycles. The van der Waals surface area contributed by atoms with Crippen molar-refractivity contribution >= 4 is 29.2 Å². The molecule has 3 saturated heterocycles. The number of fused-ring (bicyclic) bond motifs is 1. The van der Waals surface area contributed by atoms with Crippen LogP contribution in [-0.4, -0.2) is 77.9 Å². The Kier molecular flexibility index (Phi) is 10.0. The second-order valence-corrected chi connectivity index (χ2v) is 12.6. The average Bonchev–Trinajstić information content (AvgIpc) is 3.64. The molecule has 6 atom stereocenters. The number of rotatable bonds is 15. The van der Waals surface area contributed by atoms with Crippen LogP contribution in [-0.2, 0) is 23.9 Å². The van der Waals surface area contributed by atoms with Crippen LogP contribution in [0.15, 0.2) is 79.9 Å². The molecule has 3 aliphatic heterocycles. The van der Waals surface area contributed by atoms with Crippen molar-refractivity contribution in [3.63, 3.8) is 0 Å². The third kappa shape index (κ3) is 5.64. The lowest BCUT2D eigenvalue weighted by molar-refractivity contribution is -0.160. The molecule has 2 aromatic carbocycles. The first-order valence-electron chi connectivity index (χ1n) is 16.4. The number of nitrogens with zero attached hydrogens (tertiary/aromatic N) is 3. The molecule has 9 nitrogen and oxygen atoms in total. The van der Waals surface area contributed by atoms with Gasteiger partial charge in [0.1, 0.15) is 17.6 Å². The van der Waals surface area contributed by atoms with Crippen molar-refractivity contribution in [2.45, 2.75) is 69.7 Å². The SMILES string of the molecule is C=CCCCOC(=O)[C@H]1[C@H]2C(=O)N([C@H](CO)c3ccccc3)C(C(=O)N(CC=C)c3ccc(N(CC)CC)cc3)C23CC[C@]1(C)O3. The van der Waals surface area contributed by atoms with E-state index in [1.807, 2.05) is 61.5 Å². The van der Waals surface area contributed by atoms with Gasteiger partial charge in [-0.15, -0.1) is 13.2 Å². The molecule has 46 heavy (non-hydrogen) atoms. The Balaban J connectivity index is 1.59. The van der Waals surface area contributed by atoms with Gasteiger partial charge in [-0.2, -0.15) is 0 Å². The maximum atomic E-state index is 15.0. The van der Waals surface area contributed by atoms with Gasteiger partial charge in [-0.3, -0.25) is 14.4 Å². The molecule has 9 heteroatoms. The largest absolute Gasteiger partial charge is 0.465 e. The zero-order valence-electron chi connectivity index (χ0n) is 27.3. The summed E-state index contributed by atoms with van der Waals surface area (Å²) in [5.41, 5.74) is 0.161. The number of hydrogen-bond donors (Lipinski definition) is 1. The number of unbranched alkanes of at least 4 members (excludes halogenated alkanes) is 1. The number of anilines is 2. The Labute approximate surface area is 272 Å². The van der Waals surface area contributed by atoms with E-state index in [2.05, 4.69) is 31.9 Å². The summed E-state index contributed by atoms with van der Waals surface area (Å²) >= 11 is 0. The molecule has 1 spiro atoms. The summed E-state index contributed by atoms with van der Waals surface area (Å²) in [5, 5.41) is 10.8. The maximum absolute atomic E-state index is 15.0. The summed E-state index contributed by atoms with van der Waals surface area (Å²) in [6, 6.07) is 15.1. The quantitative estimate of drug-likeness (QED) is 0.167. The lowest BCUT2D eigenvalue weighted by atomic mass is 9.66. The minimum Gasteiger partial charge on any atom is -0.465 e. The number of amides is 2. The Morgan fingerprint density at radius 3 is 2.35 bits per heavy atom. The summed E-state index contributed by atoms with van der Waals surface area (Å²) in [5.74, 6) is -3.03. The predicted molar refractivity (Wildman–Crippen MR) is 178 cm³/mol. The van der Waals surface area contributed by atoms with Crippen LogP contribution in [0.5, 0.6) is 0 Å². The number of benzene rings is 2. The molecule has 0 aliphatic carbocycles. The second kappa shape index (κ2) is 13.8. The maximum Gasteiger partial charge on any atom is 0.312 e. The molecular weight excluding hydrogens is 582 g/mol.